The van der Waals surface area contributed by atoms with Gasteiger partial charge < -0.3 is 9.47 Å². The smallest absolute Gasteiger partial charge is 0.429 e. The van der Waals surface area contributed by atoms with Crippen molar-refractivity contribution in [3.8, 4) is 17.6 Å². The lowest BCUT2D eigenvalue weighted by molar-refractivity contribution is -0.190. The fourth-order valence-corrected chi connectivity index (χ4v) is 3.18. The van der Waals surface area contributed by atoms with E-state index in [-0.39, 0.29) is 12.0 Å². The SMILES string of the molecule is CCCc1cc(F)c(C(F)(F)Oc2ccc(C(F)(F)Oc3cc(F)c(C#N)c(F)c3)cc2)c(F)c1. The Morgan fingerprint density at radius 3 is 1.74 bits per heavy atom. The molecule has 0 saturated carbocycles. The zero-order chi connectivity index (χ0) is 26.0. The Morgan fingerprint density at radius 1 is 0.743 bits per heavy atom. The molecule has 0 bridgehead atoms. The minimum absolute atomic E-state index is 0.177. The number of hydrogen-bond donors (Lipinski definition) is 0. The predicted octanol–water partition coefficient (Wildman–Crippen LogP) is 7.32. The molecule has 0 saturated heterocycles. The van der Waals surface area contributed by atoms with E-state index in [0.29, 0.717) is 42.8 Å². The van der Waals surface area contributed by atoms with E-state index in [1.54, 1.807) is 6.92 Å². The van der Waals surface area contributed by atoms with Gasteiger partial charge in [0.15, 0.2) is 0 Å². The van der Waals surface area contributed by atoms with Gasteiger partial charge in [0.25, 0.3) is 0 Å². The molecule has 0 heterocycles. The number of nitrogens with zero attached hydrogens (tertiary/aromatic N) is 1. The Hall–Kier alpha value is -3.81. The maximum Gasteiger partial charge on any atom is 0.432 e. The largest absolute Gasteiger partial charge is 0.432 e. The lowest BCUT2D eigenvalue weighted by Crippen LogP contribution is -2.26. The molecule has 0 aliphatic rings. The van der Waals surface area contributed by atoms with E-state index >= 15 is 0 Å². The molecular formula is C24H15F8NO2. The van der Waals surface area contributed by atoms with Crippen molar-refractivity contribution in [3.05, 3.63) is 94.1 Å². The summed E-state index contributed by atoms with van der Waals surface area (Å²) in [4.78, 5) is 0. The molecule has 35 heavy (non-hydrogen) atoms. The molecule has 0 radical (unpaired) electrons. The monoisotopic (exact) mass is 501 g/mol. The first kappa shape index (κ1) is 25.8. The van der Waals surface area contributed by atoms with Crippen LogP contribution in [0.3, 0.4) is 0 Å². The van der Waals surface area contributed by atoms with Crippen molar-refractivity contribution in [1.29, 1.82) is 5.26 Å². The first-order valence-electron chi connectivity index (χ1n) is 9.99. The van der Waals surface area contributed by atoms with Gasteiger partial charge in [0.05, 0.1) is 5.56 Å². The topological polar surface area (TPSA) is 42.2 Å². The Balaban J connectivity index is 1.80. The number of aryl methyl sites for hydroxylation is 1. The van der Waals surface area contributed by atoms with Gasteiger partial charge in [-0.25, -0.2) is 17.6 Å². The average molecular weight is 501 g/mol. The molecule has 0 spiro atoms. The summed E-state index contributed by atoms with van der Waals surface area (Å²) in [5.74, 6) is -7.55. The third kappa shape index (κ3) is 5.65. The van der Waals surface area contributed by atoms with Crippen LogP contribution in [0, 0.1) is 34.6 Å². The summed E-state index contributed by atoms with van der Waals surface area (Å²) in [6.07, 6.45) is -7.86. The Bertz CT molecular complexity index is 1220. The molecule has 3 aromatic carbocycles. The van der Waals surface area contributed by atoms with Gasteiger partial charge in [0.2, 0.25) is 0 Å². The van der Waals surface area contributed by atoms with E-state index in [4.69, 9.17) is 5.26 Å². The lowest BCUT2D eigenvalue weighted by atomic mass is 10.1. The number of benzene rings is 3. The van der Waals surface area contributed by atoms with Gasteiger partial charge in [-0.1, -0.05) is 13.3 Å². The normalized spacial score (nSPS) is 11.8. The van der Waals surface area contributed by atoms with E-state index in [2.05, 4.69) is 9.47 Å². The van der Waals surface area contributed by atoms with Crippen LogP contribution in [0.2, 0.25) is 0 Å². The second-order valence-corrected chi connectivity index (χ2v) is 7.32. The van der Waals surface area contributed by atoms with Crippen LogP contribution in [0.5, 0.6) is 11.5 Å². The second kappa shape index (κ2) is 9.82. The first-order chi connectivity index (χ1) is 16.4. The first-order valence-corrected chi connectivity index (χ1v) is 9.99. The van der Waals surface area contributed by atoms with Gasteiger partial charge in [-0.2, -0.15) is 22.8 Å². The van der Waals surface area contributed by atoms with Gasteiger partial charge in [0.1, 0.15) is 52.0 Å². The van der Waals surface area contributed by atoms with Crippen molar-refractivity contribution >= 4 is 0 Å². The molecule has 3 aromatic rings. The molecule has 184 valence electrons. The van der Waals surface area contributed by atoms with Crippen molar-refractivity contribution in [2.24, 2.45) is 0 Å². The molecule has 0 aliphatic carbocycles. The van der Waals surface area contributed by atoms with Crippen LogP contribution in [0.4, 0.5) is 35.1 Å². The van der Waals surface area contributed by atoms with Crippen molar-refractivity contribution in [3.63, 3.8) is 0 Å². The molecular weight excluding hydrogens is 486 g/mol. The molecule has 0 atom stereocenters. The van der Waals surface area contributed by atoms with E-state index in [0.717, 1.165) is 12.1 Å². The van der Waals surface area contributed by atoms with Gasteiger partial charge >= 0.3 is 12.2 Å². The molecule has 0 N–H and O–H groups in total. The number of halogens is 8. The third-order valence-electron chi connectivity index (χ3n) is 4.74. The highest BCUT2D eigenvalue weighted by Gasteiger charge is 2.41. The molecule has 3 rings (SSSR count). The molecule has 0 fully saturated rings. The summed E-state index contributed by atoms with van der Waals surface area (Å²) in [5, 5.41) is 8.62. The molecule has 0 amide bonds. The number of ether oxygens (including phenoxy) is 2. The van der Waals surface area contributed by atoms with Crippen LogP contribution in [-0.4, -0.2) is 0 Å². The van der Waals surface area contributed by atoms with Crippen molar-refractivity contribution in [2.75, 3.05) is 0 Å². The summed E-state index contributed by atoms with van der Waals surface area (Å²) in [6.45, 7) is 1.74. The van der Waals surface area contributed by atoms with Crippen molar-refractivity contribution in [1.82, 2.24) is 0 Å². The number of rotatable bonds is 8. The average Bonchev–Trinajstić information content (AvgIpc) is 2.73. The Kier molecular flexibility index (Phi) is 7.24. The zero-order valence-corrected chi connectivity index (χ0v) is 17.8. The van der Waals surface area contributed by atoms with Crippen LogP contribution in [0.15, 0.2) is 48.5 Å². The summed E-state index contributed by atoms with van der Waals surface area (Å²) in [5.41, 5.74) is -3.37. The Labute approximate surface area is 194 Å². The van der Waals surface area contributed by atoms with E-state index < -0.39 is 63.7 Å². The fraction of sp³-hybridized carbons (Fsp3) is 0.208. The molecule has 11 heteroatoms. The van der Waals surface area contributed by atoms with Crippen LogP contribution >= 0.6 is 0 Å². The van der Waals surface area contributed by atoms with E-state index in [9.17, 15) is 35.1 Å². The van der Waals surface area contributed by atoms with Gasteiger partial charge in [-0.3, -0.25) is 0 Å². The molecule has 0 unspecified atom stereocenters. The third-order valence-corrected chi connectivity index (χ3v) is 4.74. The van der Waals surface area contributed by atoms with Gasteiger partial charge in [-0.15, -0.1) is 0 Å². The molecule has 3 nitrogen and oxygen atoms in total. The lowest BCUT2D eigenvalue weighted by Gasteiger charge is -2.21. The summed E-state index contributed by atoms with van der Waals surface area (Å²) in [6, 6.07) is 6.05. The standard InChI is InChI=1S/C24H15F8NO2/c1-2-3-13-8-20(27)22(21(28)9-13)24(31,32)34-15-6-4-14(5-7-15)23(29,30)35-16-10-18(25)17(12-33)19(26)11-16/h4-11H,2-3H2,1H3. The van der Waals surface area contributed by atoms with Crippen LogP contribution < -0.4 is 9.47 Å². The number of alkyl halides is 4. The predicted molar refractivity (Wildman–Crippen MR) is 107 cm³/mol. The summed E-state index contributed by atoms with van der Waals surface area (Å²) in [7, 11) is 0. The second-order valence-electron chi connectivity index (χ2n) is 7.32. The molecule has 0 aromatic heterocycles. The maximum absolute atomic E-state index is 14.5. The Morgan fingerprint density at radius 2 is 1.26 bits per heavy atom. The number of nitriles is 1. The quantitative estimate of drug-likeness (QED) is 0.304. The minimum Gasteiger partial charge on any atom is -0.429 e. The number of hydrogen-bond acceptors (Lipinski definition) is 3. The minimum atomic E-state index is -4.48. The van der Waals surface area contributed by atoms with E-state index in [1.807, 2.05) is 0 Å². The maximum atomic E-state index is 14.5. The fourth-order valence-electron chi connectivity index (χ4n) is 3.18. The van der Waals surface area contributed by atoms with Gasteiger partial charge in [0, 0.05) is 12.1 Å². The van der Waals surface area contributed by atoms with Gasteiger partial charge in [-0.05, 0) is 48.4 Å². The van der Waals surface area contributed by atoms with Crippen LogP contribution in [0.1, 0.15) is 35.6 Å². The summed E-state index contributed by atoms with van der Waals surface area (Å²) >= 11 is 0. The van der Waals surface area contributed by atoms with Crippen molar-refractivity contribution in [2.45, 2.75) is 32.0 Å². The van der Waals surface area contributed by atoms with E-state index in [1.165, 1.54) is 6.07 Å². The zero-order valence-electron chi connectivity index (χ0n) is 17.8. The van der Waals surface area contributed by atoms with Crippen LogP contribution in [0.25, 0.3) is 0 Å². The highest BCUT2D eigenvalue weighted by Crippen LogP contribution is 2.38. The highest BCUT2D eigenvalue weighted by atomic mass is 19.3. The molecule has 0 aliphatic heterocycles. The summed E-state index contributed by atoms with van der Waals surface area (Å²) < 4.78 is 122. The van der Waals surface area contributed by atoms with Crippen molar-refractivity contribution < 1.29 is 44.6 Å². The highest BCUT2D eigenvalue weighted by molar-refractivity contribution is 5.39. The van der Waals surface area contributed by atoms with Crippen LogP contribution in [-0.2, 0) is 18.6 Å².